The first-order valence-electron chi connectivity index (χ1n) is 9.70. The van der Waals surface area contributed by atoms with E-state index in [1.54, 1.807) is 6.07 Å². The van der Waals surface area contributed by atoms with Gasteiger partial charge in [0.25, 0.3) is 10.1 Å². The number of rotatable bonds is 2. The first-order chi connectivity index (χ1) is 13.4. The molecule has 0 aromatic heterocycles. The number of hydrogen-bond acceptors (Lipinski definition) is 2. The second kappa shape index (κ2) is 6.25. The third-order valence-electron chi connectivity index (χ3n) is 5.67. The van der Waals surface area contributed by atoms with E-state index in [4.69, 9.17) is 0 Å². The molecule has 1 aliphatic heterocycles. The second-order valence-corrected chi connectivity index (χ2v) is 10.6. The van der Waals surface area contributed by atoms with Gasteiger partial charge in [-0.3, -0.25) is 4.55 Å². The van der Waals surface area contributed by atoms with Crippen LogP contribution < -0.4 is 4.58 Å². The fourth-order valence-electron chi connectivity index (χ4n) is 4.94. The molecule has 0 fully saturated rings. The van der Waals surface area contributed by atoms with Gasteiger partial charge in [0, 0.05) is 29.2 Å². The smallest absolute Gasteiger partial charge is 0.282 e. The molecular formula is C24H26NO3S+. The van der Waals surface area contributed by atoms with Gasteiger partial charge in [-0.15, -0.1) is 0 Å². The van der Waals surface area contributed by atoms with E-state index in [-0.39, 0.29) is 15.7 Å². The average molecular weight is 409 g/mol. The minimum Gasteiger partial charge on any atom is -0.282 e. The first kappa shape index (κ1) is 19.8. The summed E-state index contributed by atoms with van der Waals surface area (Å²) < 4.78 is 35.0. The lowest BCUT2D eigenvalue weighted by atomic mass is 9.70. The third-order valence-corrected chi connectivity index (χ3v) is 6.52. The number of hydrogen-bond donors (Lipinski definition) is 1. The molecule has 0 bridgehead atoms. The molecule has 0 atom stereocenters. The molecular weight excluding hydrogens is 382 g/mol. The predicted molar refractivity (Wildman–Crippen MR) is 119 cm³/mol. The molecule has 0 aliphatic carbocycles. The lowest BCUT2D eigenvalue weighted by Crippen LogP contribution is -2.39. The zero-order valence-corrected chi connectivity index (χ0v) is 18.2. The highest BCUT2D eigenvalue weighted by atomic mass is 32.2. The molecule has 0 saturated heterocycles. The summed E-state index contributed by atoms with van der Waals surface area (Å²) in [6, 6.07) is 19.1. The molecule has 29 heavy (non-hydrogen) atoms. The van der Waals surface area contributed by atoms with Gasteiger partial charge in [0.2, 0.25) is 11.4 Å². The van der Waals surface area contributed by atoms with Gasteiger partial charge in [0.05, 0.1) is 10.3 Å². The maximum Gasteiger partial charge on any atom is 0.294 e. The third kappa shape index (κ3) is 3.09. The van der Waals surface area contributed by atoms with Gasteiger partial charge in [-0.2, -0.15) is 13.0 Å². The Morgan fingerprint density at radius 2 is 1.59 bits per heavy atom. The Hall–Kier alpha value is -2.50. The molecule has 0 saturated carbocycles. The maximum absolute atomic E-state index is 11.6. The molecule has 4 rings (SSSR count). The van der Waals surface area contributed by atoms with E-state index < -0.39 is 10.1 Å². The summed E-state index contributed by atoms with van der Waals surface area (Å²) in [7, 11) is -4.24. The number of fused-ring (bicyclic) bond motifs is 3. The Kier molecular flexibility index (Phi) is 4.27. The Balaban J connectivity index is 2.09. The number of para-hydroxylation sites is 1. The van der Waals surface area contributed by atoms with Crippen LogP contribution in [0.3, 0.4) is 0 Å². The summed E-state index contributed by atoms with van der Waals surface area (Å²) in [5.74, 6) is 0. The van der Waals surface area contributed by atoms with Crippen molar-refractivity contribution >= 4 is 38.0 Å². The van der Waals surface area contributed by atoms with Crippen molar-refractivity contribution in [1.29, 1.82) is 0 Å². The molecule has 3 aromatic carbocycles. The van der Waals surface area contributed by atoms with Crippen LogP contribution in [0.4, 0.5) is 11.4 Å². The molecule has 1 heterocycles. The van der Waals surface area contributed by atoms with Crippen LogP contribution in [0.25, 0.3) is 10.8 Å². The highest BCUT2D eigenvalue weighted by molar-refractivity contribution is 7.85. The zero-order chi connectivity index (χ0) is 21.2. The highest BCUT2D eigenvalue weighted by Crippen LogP contribution is 2.49. The van der Waals surface area contributed by atoms with Gasteiger partial charge in [-0.1, -0.05) is 45.0 Å². The Bertz CT molecular complexity index is 1260. The Labute approximate surface area is 172 Å². The lowest BCUT2D eigenvalue weighted by molar-refractivity contribution is 0.483. The van der Waals surface area contributed by atoms with Gasteiger partial charge >= 0.3 is 0 Å². The van der Waals surface area contributed by atoms with Crippen LogP contribution in [0.15, 0.2) is 65.6 Å². The van der Waals surface area contributed by atoms with Crippen LogP contribution in [-0.4, -0.2) is 18.7 Å². The molecule has 0 amide bonds. The van der Waals surface area contributed by atoms with Gasteiger partial charge in [-0.25, -0.2) is 0 Å². The van der Waals surface area contributed by atoms with E-state index in [0.717, 1.165) is 22.1 Å². The van der Waals surface area contributed by atoms with Crippen molar-refractivity contribution in [3.63, 3.8) is 0 Å². The maximum atomic E-state index is 11.6. The van der Waals surface area contributed by atoms with Crippen LogP contribution >= 0.6 is 0 Å². The molecule has 0 unspecified atom stereocenters. The van der Waals surface area contributed by atoms with Crippen molar-refractivity contribution in [1.82, 2.24) is 4.58 Å². The highest BCUT2D eigenvalue weighted by Gasteiger charge is 2.52. The molecule has 5 heteroatoms. The first-order valence-corrected chi connectivity index (χ1v) is 11.1. The van der Waals surface area contributed by atoms with Crippen molar-refractivity contribution in [2.24, 2.45) is 5.41 Å². The molecule has 0 radical (unpaired) electrons. The van der Waals surface area contributed by atoms with Gasteiger partial charge in [-0.05, 0) is 42.8 Å². The fraction of sp³-hybridized carbons (Fsp3) is 0.292. The summed E-state index contributed by atoms with van der Waals surface area (Å²) in [5, 5.41) is 1.80. The monoisotopic (exact) mass is 408 g/mol. The predicted octanol–water partition coefficient (Wildman–Crippen LogP) is 5.70. The van der Waals surface area contributed by atoms with Crippen LogP contribution in [-0.2, 0) is 15.5 Å². The minimum atomic E-state index is -4.24. The molecule has 1 N–H and O–H groups in total. The van der Waals surface area contributed by atoms with Crippen molar-refractivity contribution < 1.29 is 13.0 Å². The summed E-state index contributed by atoms with van der Waals surface area (Å²) in [6.45, 7) is 11.1. The summed E-state index contributed by atoms with van der Waals surface area (Å²) in [5.41, 5.74) is 4.33. The minimum absolute atomic E-state index is 0.0827. The van der Waals surface area contributed by atoms with Crippen molar-refractivity contribution in [2.75, 3.05) is 0 Å². The number of nitrogens with zero attached hydrogens (tertiary/aromatic N) is 1. The van der Waals surface area contributed by atoms with E-state index >= 15 is 0 Å². The molecule has 3 aromatic rings. The van der Waals surface area contributed by atoms with E-state index in [0.29, 0.717) is 0 Å². The second-order valence-electron chi connectivity index (χ2n) is 9.21. The normalized spacial score (nSPS) is 16.3. The van der Waals surface area contributed by atoms with Gasteiger partial charge in [0.1, 0.15) is 0 Å². The van der Waals surface area contributed by atoms with E-state index in [2.05, 4.69) is 57.4 Å². The van der Waals surface area contributed by atoms with Crippen molar-refractivity contribution in [2.45, 2.75) is 44.9 Å². The van der Waals surface area contributed by atoms with E-state index in [1.165, 1.54) is 17.3 Å². The topological polar surface area (TPSA) is 57.4 Å². The van der Waals surface area contributed by atoms with Gasteiger partial charge < -0.3 is 0 Å². The Morgan fingerprint density at radius 3 is 2.17 bits per heavy atom. The number of benzene rings is 3. The van der Waals surface area contributed by atoms with Crippen LogP contribution in [0, 0.1) is 5.41 Å². The standard InChI is InChI=1S/C24H25NO3S/c1-23(2,3)22-24(4,5)21-19-13-12-18(29(26,27)28)15-16(19)11-14-20(21)25(22)17-9-7-6-8-10-17/h6-15H,1-5H3/p+1. The molecule has 0 spiro atoms. The van der Waals surface area contributed by atoms with E-state index in [9.17, 15) is 13.0 Å². The fourth-order valence-corrected chi connectivity index (χ4v) is 5.45. The zero-order valence-electron chi connectivity index (χ0n) is 17.4. The molecule has 150 valence electrons. The SMILES string of the molecule is CC(C)(C)C1=[N+](c2ccccc2)c2ccc3cc(S(=O)(=O)O)ccc3c2C1(C)C. The lowest BCUT2D eigenvalue weighted by Gasteiger charge is -2.27. The van der Waals surface area contributed by atoms with Gasteiger partial charge in [0.15, 0.2) is 5.71 Å². The summed E-state index contributed by atoms with van der Waals surface area (Å²) in [6.07, 6.45) is 0. The van der Waals surface area contributed by atoms with Crippen molar-refractivity contribution in [3.8, 4) is 0 Å². The average Bonchev–Trinajstić information content (AvgIpc) is 2.89. The molecule has 4 nitrogen and oxygen atoms in total. The van der Waals surface area contributed by atoms with Crippen LogP contribution in [0.1, 0.15) is 40.2 Å². The summed E-state index contributed by atoms with van der Waals surface area (Å²) >= 11 is 0. The van der Waals surface area contributed by atoms with E-state index in [1.807, 2.05) is 30.3 Å². The molecule has 1 aliphatic rings. The Morgan fingerprint density at radius 1 is 0.931 bits per heavy atom. The summed E-state index contributed by atoms with van der Waals surface area (Å²) in [4.78, 5) is -0.0827. The quantitative estimate of drug-likeness (QED) is 0.437. The van der Waals surface area contributed by atoms with Crippen LogP contribution in [0.2, 0.25) is 0 Å². The van der Waals surface area contributed by atoms with Crippen molar-refractivity contribution in [3.05, 3.63) is 66.2 Å². The largest absolute Gasteiger partial charge is 0.294 e. The van der Waals surface area contributed by atoms with Crippen LogP contribution in [0.5, 0.6) is 0 Å².